The van der Waals surface area contributed by atoms with Crippen LogP contribution >= 0.6 is 0 Å². The highest BCUT2D eigenvalue weighted by atomic mass is 16.5. The van der Waals surface area contributed by atoms with Crippen LogP contribution in [0.1, 0.15) is 19.4 Å². The summed E-state index contributed by atoms with van der Waals surface area (Å²) in [7, 11) is 1.47. The van der Waals surface area contributed by atoms with Crippen LogP contribution in [0.25, 0.3) is 0 Å². The number of ether oxygens (including phenoxy) is 1. The Balaban J connectivity index is 2.02. The molecule has 7 nitrogen and oxygen atoms in total. The molecule has 0 bridgehead atoms. The number of methoxy groups -OCH3 is 1. The number of nitriles is 1. The highest BCUT2D eigenvalue weighted by Gasteiger charge is 2.15. The average Bonchev–Trinajstić information content (AvgIpc) is 2.67. The number of para-hydroxylation sites is 1. The van der Waals surface area contributed by atoms with Crippen molar-refractivity contribution < 1.29 is 14.3 Å². The average molecular weight is 366 g/mol. The molecule has 3 N–H and O–H groups in total. The van der Waals surface area contributed by atoms with Gasteiger partial charge < -0.3 is 20.7 Å². The van der Waals surface area contributed by atoms with E-state index in [0.717, 1.165) is 0 Å². The van der Waals surface area contributed by atoms with E-state index in [1.165, 1.54) is 7.11 Å². The van der Waals surface area contributed by atoms with Gasteiger partial charge in [0.15, 0.2) is 0 Å². The van der Waals surface area contributed by atoms with Crippen molar-refractivity contribution >= 4 is 28.9 Å². The van der Waals surface area contributed by atoms with Gasteiger partial charge in [-0.3, -0.25) is 9.59 Å². The molecule has 0 saturated carbocycles. The van der Waals surface area contributed by atoms with E-state index in [-0.39, 0.29) is 11.8 Å². The van der Waals surface area contributed by atoms with Crippen LogP contribution in [-0.2, 0) is 14.3 Å². The van der Waals surface area contributed by atoms with Crippen molar-refractivity contribution in [2.24, 2.45) is 0 Å². The molecule has 140 valence electrons. The normalized spacial score (nSPS) is 12.4. The van der Waals surface area contributed by atoms with Crippen LogP contribution in [0.4, 0.5) is 17.1 Å². The lowest BCUT2D eigenvalue weighted by molar-refractivity contribution is -0.124. The summed E-state index contributed by atoms with van der Waals surface area (Å²) in [5.41, 5.74) is 2.13. The third-order valence-electron chi connectivity index (χ3n) is 3.93. The van der Waals surface area contributed by atoms with Crippen LogP contribution in [0.2, 0.25) is 0 Å². The Kier molecular flexibility index (Phi) is 6.92. The van der Waals surface area contributed by atoms with Gasteiger partial charge in [-0.05, 0) is 44.2 Å². The highest BCUT2D eigenvalue weighted by Crippen LogP contribution is 2.18. The molecule has 0 aliphatic carbocycles. The zero-order valence-electron chi connectivity index (χ0n) is 15.4. The van der Waals surface area contributed by atoms with Gasteiger partial charge in [0.05, 0.1) is 11.3 Å². The first kappa shape index (κ1) is 19.9. The van der Waals surface area contributed by atoms with Crippen molar-refractivity contribution in [1.29, 1.82) is 5.26 Å². The number of carbonyl (C=O) groups is 2. The predicted octanol–water partition coefficient (Wildman–Crippen LogP) is 2.97. The van der Waals surface area contributed by atoms with E-state index in [1.54, 1.807) is 62.4 Å². The van der Waals surface area contributed by atoms with Gasteiger partial charge in [0.2, 0.25) is 5.91 Å². The van der Waals surface area contributed by atoms with Crippen LogP contribution in [0, 0.1) is 11.3 Å². The molecular weight excluding hydrogens is 344 g/mol. The lowest BCUT2D eigenvalue weighted by atomic mass is 10.2. The fourth-order valence-electron chi connectivity index (χ4n) is 2.28. The number of amides is 2. The van der Waals surface area contributed by atoms with Crippen molar-refractivity contribution in [2.75, 3.05) is 23.1 Å². The topological polar surface area (TPSA) is 103 Å². The van der Waals surface area contributed by atoms with Crippen molar-refractivity contribution in [3.05, 3.63) is 54.1 Å². The van der Waals surface area contributed by atoms with Gasteiger partial charge in [-0.15, -0.1) is 0 Å². The zero-order chi connectivity index (χ0) is 19.8. The molecule has 2 rings (SSSR count). The van der Waals surface area contributed by atoms with Crippen LogP contribution in [-0.4, -0.2) is 31.1 Å². The fourth-order valence-corrected chi connectivity index (χ4v) is 2.28. The molecule has 0 heterocycles. The summed E-state index contributed by atoms with van der Waals surface area (Å²) in [4.78, 5) is 24.3. The molecule has 0 saturated heterocycles. The minimum atomic E-state index is -0.563. The number of anilines is 3. The van der Waals surface area contributed by atoms with Gasteiger partial charge in [0.1, 0.15) is 18.2 Å². The van der Waals surface area contributed by atoms with Crippen LogP contribution < -0.4 is 16.0 Å². The molecule has 2 unspecified atom stereocenters. The quantitative estimate of drug-likeness (QED) is 0.699. The van der Waals surface area contributed by atoms with E-state index in [1.807, 2.05) is 6.07 Å². The summed E-state index contributed by atoms with van der Waals surface area (Å²) in [6.45, 7) is 3.37. The maximum Gasteiger partial charge on any atom is 0.253 e. The lowest BCUT2D eigenvalue weighted by Gasteiger charge is -2.17. The second-order valence-electron chi connectivity index (χ2n) is 5.96. The molecular formula is C20H22N4O3. The fraction of sp³-hybridized carbons (Fsp3) is 0.250. The Hall–Kier alpha value is -3.37. The number of hydrogen-bond donors (Lipinski definition) is 3. The molecule has 0 aliphatic heterocycles. The van der Waals surface area contributed by atoms with Gasteiger partial charge >= 0.3 is 0 Å². The molecule has 0 aromatic heterocycles. The summed E-state index contributed by atoms with van der Waals surface area (Å²) >= 11 is 0. The third kappa shape index (κ3) is 5.56. The molecule has 0 aliphatic rings. The first-order valence-corrected chi connectivity index (χ1v) is 8.45. The van der Waals surface area contributed by atoms with E-state index >= 15 is 0 Å². The Morgan fingerprint density at radius 3 is 2.41 bits per heavy atom. The number of benzene rings is 2. The minimum Gasteiger partial charge on any atom is -0.374 e. The van der Waals surface area contributed by atoms with Crippen LogP contribution in [0.15, 0.2) is 48.5 Å². The van der Waals surface area contributed by atoms with Crippen LogP contribution in [0.5, 0.6) is 0 Å². The van der Waals surface area contributed by atoms with E-state index in [4.69, 9.17) is 10.00 Å². The summed E-state index contributed by atoms with van der Waals surface area (Å²) in [6.07, 6.45) is -0.563. The molecule has 0 fully saturated rings. The molecule has 2 aromatic rings. The van der Waals surface area contributed by atoms with Gasteiger partial charge in [-0.25, -0.2) is 0 Å². The SMILES string of the molecule is COC(C)C(=O)Nc1cccc(NC(C)C(=O)Nc2ccccc2C#N)c1. The summed E-state index contributed by atoms with van der Waals surface area (Å²) in [5, 5.41) is 17.7. The predicted molar refractivity (Wildman–Crippen MR) is 104 cm³/mol. The molecule has 7 heteroatoms. The van der Waals surface area contributed by atoms with Crippen LogP contribution in [0.3, 0.4) is 0 Å². The molecule has 27 heavy (non-hydrogen) atoms. The maximum absolute atomic E-state index is 12.4. The zero-order valence-corrected chi connectivity index (χ0v) is 15.4. The van der Waals surface area contributed by atoms with Gasteiger partial charge in [-0.1, -0.05) is 18.2 Å². The minimum absolute atomic E-state index is 0.256. The Labute approximate surface area is 158 Å². The molecule has 0 spiro atoms. The van der Waals surface area contributed by atoms with Crippen molar-refractivity contribution in [1.82, 2.24) is 0 Å². The molecule has 2 atom stereocenters. The van der Waals surface area contributed by atoms with Gasteiger partial charge in [-0.2, -0.15) is 5.26 Å². The third-order valence-corrected chi connectivity index (χ3v) is 3.93. The second-order valence-corrected chi connectivity index (χ2v) is 5.96. The smallest absolute Gasteiger partial charge is 0.253 e. The molecule has 2 amide bonds. The lowest BCUT2D eigenvalue weighted by Crippen LogP contribution is -2.32. The number of hydrogen-bond acceptors (Lipinski definition) is 5. The van der Waals surface area contributed by atoms with Gasteiger partial charge in [0.25, 0.3) is 5.91 Å². The highest BCUT2D eigenvalue weighted by molar-refractivity contribution is 5.97. The largest absolute Gasteiger partial charge is 0.374 e. The summed E-state index contributed by atoms with van der Waals surface area (Å²) in [5.74, 6) is -0.534. The molecule has 2 aromatic carbocycles. The van der Waals surface area contributed by atoms with Crippen molar-refractivity contribution in [3.8, 4) is 6.07 Å². The van der Waals surface area contributed by atoms with Crippen molar-refractivity contribution in [3.63, 3.8) is 0 Å². The Bertz CT molecular complexity index is 860. The number of rotatable bonds is 7. The molecule has 0 radical (unpaired) electrons. The number of nitrogens with one attached hydrogen (secondary N) is 3. The van der Waals surface area contributed by atoms with Gasteiger partial charge in [0, 0.05) is 18.5 Å². The van der Waals surface area contributed by atoms with E-state index in [0.29, 0.717) is 22.6 Å². The summed E-state index contributed by atoms with van der Waals surface area (Å²) in [6, 6.07) is 15.3. The maximum atomic E-state index is 12.4. The van der Waals surface area contributed by atoms with E-state index < -0.39 is 12.1 Å². The monoisotopic (exact) mass is 366 g/mol. The number of carbonyl (C=O) groups excluding carboxylic acids is 2. The van der Waals surface area contributed by atoms with E-state index in [9.17, 15) is 9.59 Å². The Morgan fingerprint density at radius 1 is 1.00 bits per heavy atom. The van der Waals surface area contributed by atoms with E-state index in [2.05, 4.69) is 16.0 Å². The van der Waals surface area contributed by atoms with Crippen molar-refractivity contribution in [2.45, 2.75) is 26.0 Å². The first-order valence-electron chi connectivity index (χ1n) is 8.45. The second kappa shape index (κ2) is 9.36. The Morgan fingerprint density at radius 2 is 1.70 bits per heavy atom. The standard InChI is InChI=1S/C20H22N4O3/c1-13(19(25)24-18-10-5-4-7-15(18)12-21)22-16-8-6-9-17(11-16)23-20(26)14(2)27-3/h4-11,13-14,22H,1-3H3,(H,23,26)(H,24,25). The summed E-state index contributed by atoms with van der Waals surface area (Å²) < 4.78 is 4.98. The first-order chi connectivity index (χ1) is 12.9. The number of nitrogens with zero attached hydrogens (tertiary/aromatic N) is 1.